The number of nitrogens with zero attached hydrogens (tertiary/aromatic N) is 1. The number of rotatable bonds is 8. The number of hydrogen-bond acceptors (Lipinski definition) is 3. The van der Waals surface area contributed by atoms with E-state index in [1.54, 1.807) is 0 Å². The fourth-order valence-electron chi connectivity index (χ4n) is 3.26. The van der Waals surface area contributed by atoms with Gasteiger partial charge in [0.15, 0.2) is 5.96 Å². The molecule has 5 nitrogen and oxygen atoms in total. The fourth-order valence-corrected chi connectivity index (χ4v) is 3.26. The molecule has 0 bridgehead atoms. The lowest BCUT2D eigenvalue weighted by Crippen LogP contribution is -2.38. The van der Waals surface area contributed by atoms with Crippen molar-refractivity contribution >= 4 is 29.9 Å². The highest BCUT2D eigenvalue weighted by molar-refractivity contribution is 14.0. The molecule has 3 rings (SSSR count). The second-order valence-corrected chi connectivity index (χ2v) is 6.73. The van der Waals surface area contributed by atoms with Gasteiger partial charge in [0.25, 0.3) is 0 Å². The van der Waals surface area contributed by atoms with E-state index < -0.39 is 0 Å². The number of benzene rings is 2. The summed E-state index contributed by atoms with van der Waals surface area (Å²) in [6.45, 7) is 5.09. The maximum Gasteiger partial charge on any atom is 0.191 e. The van der Waals surface area contributed by atoms with Crippen molar-refractivity contribution in [3.05, 3.63) is 65.2 Å². The predicted octanol–water partition coefficient (Wildman–Crippen LogP) is 3.11. The molecule has 152 valence electrons. The molecule has 0 saturated carbocycles. The summed E-state index contributed by atoms with van der Waals surface area (Å²) in [4.78, 5) is 4.66. The molecule has 1 aliphatic heterocycles. The van der Waals surface area contributed by atoms with Gasteiger partial charge in [-0.3, -0.25) is 4.99 Å². The first kappa shape index (κ1) is 22.5. The summed E-state index contributed by atoms with van der Waals surface area (Å²) in [5.74, 6) is 1.83. The zero-order valence-electron chi connectivity index (χ0n) is 16.4. The van der Waals surface area contributed by atoms with Gasteiger partial charge in [-0.25, -0.2) is 0 Å². The highest BCUT2D eigenvalue weighted by Gasteiger charge is 2.12. The summed E-state index contributed by atoms with van der Waals surface area (Å²) in [6.07, 6.45) is 1.93. The van der Waals surface area contributed by atoms with Gasteiger partial charge in [-0.2, -0.15) is 0 Å². The van der Waals surface area contributed by atoms with Crippen LogP contribution >= 0.6 is 24.0 Å². The third-order valence-electron chi connectivity index (χ3n) is 4.77. The van der Waals surface area contributed by atoms with E-state index in [1.807, 2.05) is 30.3 Å². The van der Waals surface area contributed by atoms with Gasteiger partial charge in [0.2, 0.25) is 0 Å². The Morgan fingerprint density at radius 2 is 2.00 bits per heavy atom. The molecule has 1 heterocycles. The lowest BCUT2D eigenvalue weighted by Gasteiger charge is -2.15. The monoisotopic (exact) mass is 495 g/mol. The summed E-state index contributed by atoms with van der Waals surface area (Å²) in [6, 6.07) is 16.5. The molecule has 0 fully saturated rings. The first-order chi connectivity index (χ1) is 13.3. The summed E-state index contributed by atoms with van der Waals surface area (Å²) in [7, 11) is 0. The molecule has 0 radical (unpaired) electrons. The molecule has 2 aromatic rings. The van der Waals surface area contributed by atoms with Crippen LogP contribution in [-0.2, 0) is 12.8 Å². The Morgan fingerprint density at radius 3 is 2.75 bits per heavy atom. The number of aliphatic hydroxyl groups excluding tert-OH is 1. The van der Waals surface area contributed by atoms with Crippen LogP contribution in [0.3, 0.4) is 0 Å². The predicted molar refractivity (Wildman–Crippen MR) is 125 cm³/mol. The topological polar surface area (TPSA) is 65.9 Å². The van der Waals surface area contributed by atoms with Gasteiger partial charge in [0.05, 0.1) is 19.8 Å². The van der Waals surface area contributed by atoms with E-state index in [1.165, 1.54) is 11.1 Å². The first-order valence-electron chi connectivity index (χ1n) is 9.72. The van der Waals surface area contributed by atoms with Crippen LogP contribution in [0.15, 0.2) is 53.5 Å². The molecular weight excluding hydrogens is 465 g/mol. The van der Waals surface area contributed by atoms with Crippen molar-refractivity contribution in [1.82, 2.24) is 10.6 Å². The van der Waals surface area contributed by atoms with E-state index in [9.17, 15) is 5.11 Å². The Morgan fingerprint density at radius 1 is 1.18 bits per heavy atom. The number of aliphatic hydroxyl groups is 1. The minimum Gasteiger partial charge on any atom is -0.493 e. The average Bonchev–Trinajstić information content (AvgIpc) is 3.17. The molecule has 0 aromatic heterocycles. The van der Waals surface area contributed by atoms with E-state index in [4.69, 9.17) is 4.74 Å². The van der Waals surface area contributed by atoms with Crippen LogP contribution in [0.1, 0.15) is 29.5 Å². The normalized spacial score (nSPS) is 13.9. The number of fused-ring (bicyclic) bond motifs is 1. The van der Waals surface area contributed by atoms with Gasteiger partial charge in [0, 0.05) is 25.4 Å². The number of aliphatic imine (C=N–C) groups is 1. The third-order valence-corrected chi connectivity index (χ3v) is 4.77. The van der Waals surface area contributed by atoms with Crippen LogP contribution in [0.2, 0.25) is 0 Å². The van der Waals surface area contributed by atoms with Crippen molar-refractivity contribution in [3.8, 4) is 5.75 Å². The van der Waals surface area contributed by atoms with Crippen LogP contribution < -0.4 is 15.4 Å². The van der Waals surface area contributed by atoms with Gasteiger partial charge >= 0.3 is 0 Å². The van der Waals surface area contributed by atoms with Gasteiger partial charge in [-0.15, -0.1) is 24.0 Å². The van der Waals surface area contributed by atoms with Crippen molar-refractivity contribution in [2.24, 2.45) is 4.99 Å². The number of guanidine groups is 1. The number of nitrogens with one attached hydrogen (secondary N) is 2. The van der Waals surface area contributed by atoms with Crippen LogP contribution in [0.25, 0.3) is 0 Å². The van der Waals surface area contributed by atoms with E-state index in [0.717, 1.165) is 49.8 Å². The number of hydrogen-bond donors (Lipinski definition) is 3. The summed E-state index contributed by atoms with van der Waals surface area (Å²) in [5, 5.41) is 16.4. The lowest BCUT2D eigenvalue weighted by atomic mass is 10.0. The number of ether oxygens (including phenoxy) is 1. The fraction of sp³-hybridized carbons (Fsp3) is 0.409. The van der Waals surface area contributed by atoms with Gasteiger partial charge in [-0.1, -0.05) is 42.5 Å². The maximum absolute atomic E-state index is 9.70. The van der Waals surface area contributed by atoms with Crippen molar-refractivity contribution < 1.29 is 9.84 Å². The maximum atomic E-state index is 9.70. The highest BCUT2D eigenvalue weighted by atomic mass is 127. The van der Waals surface area contributed by atoms with Gasteiger partial charge in [-0.05, 0) is 36.1 Å². The van der Waals surface area contributed by atoms with Crippen molar-refractivity contribution in [1.29, 1.82) is 0 Å². The molecule has 0 amide bonds. The minimum atomic E-state index is 0. The zero-order chi connectivity index (χ0) is 18.9. The van der Waals surface area contributed by atoms with Crippen LogP contribution in [0.5, 0.6) is 5.75 Å². The van der Waals surface area contributed by atoms with E-state index >= 15 is 0 Å². The quantitative estimate of drug-likeness (QED) is 0.299. The molecular formula is C22H30IN3O2. The van der Waals surface area contributed by atoms with Gasteiger partial charge in [0.1, 0.15) is 5.75 Å². The molecule has 1 aliphatic rings. The summed E-state index contributed by atoms with van der Waals surface area (Å²) < 4.78 is 5.56. The van der Waals surface area contributed by atoms with Crippen molar-refractivity contribution in [2.75, 3.05) is 32.8 Å². The molecule has 2 aromatic carbocycles. The average molecular weight is 495 g/mol. The molecule has 28 heavy (non-hydrogen) atoms. The minimum absolute atomic E-state index is 0. The lowest BCUT2D eigenvalue weighted by molar-refractivity contribution is 0.268. The first-order valence-corrected chi connectivity index (χ1v) is 9.72. The summed E-state index contributed by atoms with van der Waals surface area (Å²) in [5.41, 5.74) is 3.72. The molecule has 3 N–H and O–H groups in total. The van der Waals surface area contributed by atoms with E-state index in [0.29, 0.717) is 6.54 Å². The van der Waals surface area contributed by atoms with Crippen LogP contribution in [0.4, 0.5) is 0 Å². The van der Waals surface area contributed by atoms with Crippen LogP contribution in [-0.4, -0.2) is 43.9 Å². The standard InChI is InChI=1S/C22H29N3O2.HI/c1-2-23-22(25-15-20(16-26)18-6-4-3-5-7-18)24-12-10-17-8-9-21-19(14-17)11-13-27-21;/h3-9,14,20,26H,2,10-13,15-16H2,1H3,(H2,23,24,25);1H. The molecule has 0 aliphatic carbocycles. The second kappa shape index (κ2) is 11.9. The largest absolute Gasteiger partial charge is 0.493 e. The SMILES string of the molecule is CCNC(=NCC(CO)c1ccccc1)NCCc1ccc2c(c1)CCO2.I. The van der Waals surface area contributed by atoms with E-state index in [-0.39, 0.29) is 36.5 Å². The van der Waals surface area contributed by atoms with Crippen LogP contribution in [0, 0.1) is 0 Å². The Labute approximate surface area is 184 Å². The Kier molecular flexibility index (Phi) is 9.57. The molecule has 1 unspecified atom stereocenters. The molecule has 6 heteroatoms. The number of halogens is 1. The Bertz CT molecular complexity index is 753. The molecule has 0 spiro atoms. The Hall–Kier alpha value is -1.80. The molecule has 0 saturated heterocycles. The Balaban J connectivity index is 0.00000280. The zero-order valence-corrected chi connectivity index (χ0v) is 18.7. The highest BCUT2D eigenvalue weighted by Crippen LogP contribution is 2.25. The summed E-state index contributed by atoms with van der Waals surface area (Å²) >= 11 is 0. The van der Waals surface area contributed by atoms with E-state index in [2.05, 4.69) is 40.7 Å². The van der Waals surface area contributed by atoms with Crippen molar-refractivity contribution in [2.45, 2.75) is 25.7 Å². The van der Waals surface area contributed by atoms with Crippen molar-refractivity contribution in [3.63, 3.8) is 0 Å². The van der Waals surface area contributed by atoms with Gasteiger partial charge < -0.3 is 20.5 Å². The second-order valence-electron chi connectivity index (χ2n) is 6.73. The smallest absolute Gasteiger partial charge is 0.191 e. The molecule has 1 atom stereocenters. The third kappa shape index (κ3) is 6.38.